The van der Waals surface area contributed by atoms with Gasteiger partial charge in [0.25, 0.3) is 0 Å². The van der Waals surface area contributed by atoms with Gasteiger partial charge in [-0.1, -0.05) is 25.1 Å². The smallest absolute Gasteiger partial charge is 0.225 e. The summed E-state index contributed by atoms with van der Waals surface area (Å²) < 4.78 is 0. The largest absolute Gasteiger partial charge is 0.371 e. The Labute approximate surface area is 148 Å². The summed E-state index contributed by atoms with van der Waals surface area (Å²) in [7, 11) is 0. The number of anilines is 1. The van der Waals surface area contributed by atoms with Crippen molar-refractivity contribution in [1.82, 2.24) is 5.32 Å². The average Bonchev–Trinajstić information content (AvgIpc) is 3.07. The third kappa shape index (κ3) is 4.38. The van der Waals surface area contributed by atoms with Crippen molar-refractivity contribution >= 4 is 22.9 Å². The summed E-state index contributed by atoms with van der Waals surface area (Å²) in [4.78, 5) is 15.7. The minimum atomic E-state index is 0.0341. The molecule has 0 radical (unpaired) electrons. The first-order chi connectivity index (χ1) is 11.6. The molecule has 24 heavy (non-hydrogen) atoms. The zero-order valence-electron chi connectivity index (χ0n) is 14.5. The number of thiophene rings is 1. The lowest BCUT2D eigenvalue weighted by Gasteiger charge is -2.33. The lowest BCUT2D eigenvalue weighted by atomic mass is 9.99. The number of carbonyl (C=O) groups is 1. The van der Waals surface area contributed by atoms with Gasteiger partial charge in [0, 0.05) is 23.7 Å². The lowest BCUT2D eigenvalue weighted by molar-refractivity contribution is -0.121. The molecule has 1 amide bonds. The molecule has 1 aliphatic rings. The molecule has 1 fully saturated rings. The lowest BCUT2D eigenvalue weighted by Crippen LogP contribution is -2.34. The minimum absolute atomic E-state index is 0.0341. The quantitative estimate of drug-likeness (QED) is 0.873. The first kappa shape index (κ1) is 17.0. The van der Waals surface area contributed by atoms with Crippen LogP contribution in [-0.2, 0) is 11.2 Å². The first-order valence-electron chi connectivity index (χ1n) is 8.78. The molecule has 3 rings (SSSR count). The van der Waals surface area contributed by atoms with E-state index in [1.165, 1.54) is 18.5 Å². The van der Waals surface area contributed by atoms with E-state index < -0.39 is 0 Å². The van der Waals surface area contributed by atoms with Gasteiger partial charge < -0.3 is 10.2 Å². The Morgan fingerprint density at radius 3 is 2.79 bits per heavy atom. The molecule has 1 N–H and O–H groups in total. The molecule has 3 nitrogen and oxygen atoms in total. The zero-order chi connectivity index (χ0) is 16.9. The Hall–Kier alpha value is -1.81. The number of nitrogens with zero attached hydrogens (tertiary/aromatic N) is 1. The van der Waals surface area contributed by atoms with Gasteiger partial charge in [-0.2, -0.15) is 0 Å². The number of rotatable bonds is 5. The topological polar surface area (TPSA) is 32.3 Å². The maximum atomic E-state index is 12.1. The molecule has 128 valence electrons. The summed E-state index contributed by atoms with van der Waals surface area (Å²) in [6, 6.07) is 12.7. The summed E-state index contributed by atoms with van der Waals surface area (Å²) in [5, 5.41) is 5.10. The Morgan fingerprint density at radius 2 is 2.12 bits per heavy atom. The fourth-order valence-corrected chi connectivity index (χ4v) is 4.05. The zero-order valence-corrected chi connectivity index (χ0v) is 15.3. The number of nitrogens with one attached hydrogen (secondary N) is 1. The summed E-state index contributed by atoms with van der Waals surface area (Å²) in [6.07, 6.45) is 3.08. The number of piperidine rings is 1. The standard InChI is InChI=1S/C20H26N2OS/c1-15-5-3-11-22(14-15)18-9-7-17(8-10-18)16(2)21-20(23)13-19-6-4-12-24-19/h4,6-10,12,15-16H,3,5,11,13-14H2,1-2H3,(H,21,23). The molecule has 1 aromatic heterocycles. The van der Waals surface area contributed by atoms with Gasteiger partial charge >= 0.3 is 0 Å². The summed E-state index contributed by atoms with van der Waals surface area (Å²) in [5.41, 5.74) is 2.45. The SMILES string of the molecule is CC1CCCN(c2ccc(C(C)NC(=O)Cc3cccs3)cc2)C1. The molecule has 1 saturated heterocycles. The average molecular weight is 343 g/mol. The van der Waals surface area contributed by atoms with Crippen molar-refractivity contribution in [2.24, 2.45) is 5.92 Å². The Morgan fingerprint density at radius 1 is 1.33 bits per heavy atom. The third-order valence-corrected chi connectivity index (χ3v) is 5.58. The highest BCUT2D eigenvalue weighted by atomic mass is 32.1. The molecule has 0 spiro atoms. The van der Waals surface area contributed by atoms with Gasteiger partial charge in [0.1, 0.15) is 0 Å². The van der Waals surface area contributed by atoms with Crippen LogP contribution in [0.15, 0.2) is 41.8 Å². The molecule has 4 heteroatoms. The van der Waals surface area contributed by atoms with Gasteiger partial charge in [0.15, 0.2) is 0 Å². The number of amides is 1. The van der Waals surface area contributed by atoms with E-state index >= 15 is 0 Å². The van der Waals surface area contributed by atoms with Crippen molar-refractivity contribution in [3.8, 4) is 0 Å². The van der Waals surface area contributed by atoms with Crippen LogP contribution in [0.2, 0.25) is 0 Å². The normalized spacial score (nSPS) is 19.1. The van der Waals surface area contributed by atoms with Gasteiger partial charge in [-0.3, -0.25) is 4.79 Å². The molecular formula is C20H26N2OS. The van der Waals surface area contributed by atoms with E-state index in [2.05, 4.69) is 41.4 Å². The van der Waals surface area contributed by atoms with E-state index in [4.69, 9.17) is 0 Å². The molecule has 0 saturated carbocycles. The molecular weight excluding hydrogens is 316 g/mol. The van der Waals surface area contributed by atoms with Crippen molar-refractivity contribution in [2.45, 2.75) is 39.2 Å². The fourth-order valence-electron chi connectivity index (χ4n) is 3.34. The van der Waals surface area contributed by atoms with Crippen LogP contribution < -0.4 is 10.2 Å². The van der Waals surface area contributed by atoms with Crippen molar-refractivity contribution in [1.29, 1.82) is 0 Å². The molecule has 2 heterocycles. The van der Waals surface area contributed by atoms with Gasteiger partial charge in [-0.15, -0.1) is 11.3 Å². The van der Waals surface area contributed by atoms with Crippen LogP contribution in [0.5, 0.6) is 0 Å². The predicted molar refractivity (Wildman–Crippen MR) is 102 cm³/mol. The van der Waals surface area contributed by atoms with E-state index in [1.807, 2.05) is 24.4 Å². The van der Waals surface area contributed by atoms with Crippen LogP contribution in [0.4, 0.5) is 5.69 Å². The number of carbonyl (C=O) groups excluding carboxylic acids is 1. The van der Waals surface area contributed by atoms with Crippen LogP contribution in [-0.4, -0.2) is 19.0 Å². The van der Waals surface area contributed by atoms with Gasteiger partial charge in [0.05, 0.1) is 12.5 Å². The predicted octanol–water partition coefficient (Wildman–Crippen LogP) is 4.40. The number of hydrogen-bond donors (Lipinski definition) is 1. The second-order valence-corrected chi connectivity index (χ2v) is 7.86. The summed E-state index contributed by atoms with van der Waals surface area (Å²) in [6.45, 7) is 6.67. The molecule has 1 aromatic carbocycles. The van der Waals surface area contributed by atoms with Gasteiger partial charge in [-0.25, -0.2) is 0 Å². The molecule has 2 unspecified atom stereocenters. The minimum Gasteiger partial charge on any atom is -0.371 e. The highest BCUT2D eigenvalue weighted by Crippen LogP contribution is 2.24. The number of benzene rings is 1. The van der Waals surface area contributed by atoms with E-state index in [9.17, 15) is 4.79 Å². The molecule has 2 aromatic rings. The van der Waals surface area contributed by atoms with Crippen molar-refractivity contribution in [3.05, 3.63) is 52.2 Å². The molecule has 1 aliphatic heterocycles. The fraction of sp³-hybridized carbons (Fsp3) is 0.450. The highest BCUT2D eigenvalue weighted by Gasteiger charge is 2.17. The van der Waals surface area contributed by atoms with Crippen LogP contribution in [0.3, 0.4) is 0 Å². The van der Waals surface area contributed by atoms with E-state index in [0.29, 0.717) is 6.42 Å². The third-order valence-electron chi connectivity index (χ3n) is 4.71. The van der Waals surface area contributed by atoms with Crippen molar-refractivity contribution in [3.63, 3.8) is 0 Å². The Bertz CT molecular complexity index is 651. The first-order valence-corrected chi connectivity index (χ1v) is 9.66. The van der Waals surface area contributed by atoms with Crippen LogP contribution in [0.25, 0.3) is 0 Å². The molecule has 2 atom stereocenters. The van der Waals surface area contributed by atoms with Crippen molar-refractivity contribution < 1.29 is 4.79 Å². The van der Waals surface area contributed by atoms with Crippen molar-refractivity contribution in [2.75, 3.05) is 18.0 Å². The Balaban J connectivity index is 1.57. The van der Waals surface area contributed by atoms with E-state index in [0.717, 1.165) is 29.4 Å². The van der Waals surface area contributed by atoms with E-state index in [1.54, 1.807) is 11.3 Å². The number of hydrogen-bond acceptors (Lipinski definition) is 3. The van der Waals surface area contributed by atoms with Gasteiger partial charge in [0.2, 0.25) is 5.91 Å². The maximum Gasteiger partial charge on any atom is 0.225 e. The van der Waals surface area contributed by atoms with Crippen LogP contribution in [0, 0.1) is 5.92 Å². The van der Waals surface area contributed by atoms with Crippen LogP contribution >= 0.6 is 11.3 Å². The summed E-state index contributed by atoms with van der Waals surface area (Å²) in [5.74, 6) is 0.854. The van der Waals surface area contributed by atoms with Gasteiger partial charge in [-0.05, 0) is 54.8 Å². The molecule has 0 bridgehead atoms. The maximum absolute atomic E-state index is 12.1. The Kier molecular flexibility index (Phi) is 5.56. The second kappa shape index (κ2) is 7.84. The monoisotopic (exact) mass is 342 g/mol. The highest BCUT2D eigenvalue weighted by molar-refractivity contribution is 7.10. The second-order valence-electron chi connectivity index (χ2n) is 6.83. The van der Waals surface area contributed by atoms with Crippen LogP contribution in [0.1, 0.15) is 43.2 Å². The summed E-state index contributed by atoms with van der Waals surface area (Å²) >= 11 is 1.63. The molecule has 0 aliphatic carbocycles. The van der Waals surface area contributed by atoms with E-state index in [-0.39, 0.29) is 11.9 Å².